The van der Waals surface area contributed by atoms with Crippen molar-refractivity contribution in [3.05, 3.63) is 0 Å². The number of carbonyl (C=O) groups is 1. The summed E-state index contributed by atoms with van der Waals surface area (Å²) in [7, 11) is 0. The smallest absolute Gasteiger partial charge is 0.226 e. The van der Waals surface area contributed by atoms with Gasteiger partial charge in [0.15, 0.2) is 0 Å². The van der Waals surface area contributed by atoms with Crippen molar-refractivity contribution in [3.63, 3.8) is 0 Å². The lowest BCUT2D eigenvalue weighted by molar-refractivity contribution is -0.140. The van der Waals surface area contributed by atoms with E-state index in [1.165, 1.54) is 12.8 Å². The first-order valence-electron chi connectivity index (χ1n) is 7.16. The Balaban J connectivity index is 2.71. The molecule has 1 saturated carbocycles. The molecule has 1 aliphatic rings. The first kappa shape index (κ1) is 14.5. The van der Waals surface area contributed by atoms with Gasteiger partial charge >= 0.3 is 0 Å². The summed E-state index contributed by atoms with van der Waals surface area (Å²) in [5, 5.41) is 0. The second-order valence-corrected chi connectivity index (χ2v) is 5.27. The lowest BCUT2D eigenvalue weighted by Gasteiger charge is -2.36. The Morgan fingerprint density at radius 3 is 2.53 bits per heavy atom. The van der Waals surface area contributed by atoms with E-state index in [1.54, 1.807) is 0 Å². The van der Waals surface area contributed by atoms with Gasteiger partial charge < -0.3 is 10.6 Å². The summed E-state index contributed by atoms with van der Waals surface area (Å²) in [5.74, 6) is 0.939. The van der Waals surface area contributed by atoms with Crippen LogP contribution in [0.2, 0.25) is 0 Å². The summed E-state index contributed by atoms with van der Waals surface area (Å²) in [5.41, 5.74) is 5.81. The number of carbonyl (C=O) groups excluding carboxylic acids is 1. The summed E-state index contributed by atoms with van der Waals surface area (Å²) >= 11 is 0. The van der Waals surface area contributed by atoms with E-state index < -0.39 is 0 Å². The van der Waals surface area contributed by atoms with Crippen molar-refractivity contribution in [2.75, 3.05) is 13.1 Å². The van der Waals surface area contributed by atoms with Gasteiger partial charge in [-0.05, 0) is 45.6 Å². The lowest BCUT2D eigenvalue weighted by atomic mass is 9.78. The predicted octanol–water partition coefficient (Wildman–Crippen LogP) is 2.40. The third kappa shape index (κ3) is 3.44. The summed E-state index contributed by atoms with van der Waals surface area (Å²) in [6, 6.07) is 0.354. The molecule has 0 heterocycles. The summed E-state index contributed by atoms with van der Waals surface area (Å²) in [6.07, 6.45) is 5.62. The summed E-state index contributed by atoms with van der Waals surface area (Å²) in [4.78, 5) is 14.6. The first-order valence-corrected chi connectivity index (χ1v) is 7.16. The van der Waals surface area contributed by atoms with Crippen LogP contribution in [-0.4, -0.2) is 29.9 Å². The Hall–Kier alpha value is -0.570. The highest BCUT2D eigenvalue weighted by Crippen LogP contribution is 2.31. The maximum atomic E-state index is 12.6. The second kappa shape index (κ2) is 7.00. The van der Waals surface area contributed by atoms with E-state index in [0.29, 0.717) is 24.4 Å². The fraction of sp³-hybridized carbons (Fsp3) is 0.929. The highest BCUT2D eigenvalue weighted by atomic mass is 16.2. The number of hydrogen-bond acceptors (Lipinski definition) is 2. The number of nitrogens with two attached hydrogens (primary N) is 1. The van der Waals surface area contributed by atoms with Crippen molar-refractivity contribution in [2.45, 2.75) is 58.9 Å². The molecule has 0 bridgehead atoms. The fourth-order valence-corrected chi connectivity index (χ4v) is 2.93. The van der Waals surface area contributed by atoms with Gasteiger partial charge in [0.05, 0.1) is 0 Å². The van der Waals surface area contributed by atoms with Gasteiger partial charge in [0, 0.05) is 18.5 Å². The van der Waals surface area contributed by atoms with E-state index in [4.69, 9.17) is 5.73 Å². The molecule has 3 nitrogen and oxygen atoms in total. The maximum Gasteiger partial charge on any atom is 0.226 e. The van der Waals surface area contributed by atoms with Crippen LogP contribution in [0.5, 0.6) is 0 Å². The Labute approximate surface area is 106 Å². The summed E-state index contributed by atoms with van der Waals surface area (Å²) in [6.45, 7) is 7.84. The van der Waals surface area contributed by atoms with Gasteiger partial charge in [-0.15, -0.1) is 0 Å². The van der Waals surface area contributed by atoms with Crippen LogP contribution in [0.4, 0.5) is 0 Å². The molecule has 100 valence electrons. The van der Waals surface area contributed by atoms with Crippen LogP contribution in [0.15, 0.2) is 0 Å². The fourth-order valence-electron chi connectivity index (χ4n) is 2.93. The lowest BCUT2D eigenvalue weighted by Crippen LogP contribution is -2.45. The van der Waals surface area contributed by atoms with E-state index in [1.807, 2.05) is 4.90 Å². The van der Waals surface area contributed by atoms with Crippen molar-refractivity contribution in [1.29, 1.82) is 0 Å². The van der Waals surface area contributed by atoms with Gasteiger partial charge in [-0.2, -0.15) is 0 Å². The molecule has 0 aromatic heterocycles. The van der Waals surface area contributed by atoms with Crippen molar-refractivity contribution in [3.8, 4) is 0 Å². The topological polar surface area (TPSA) is 46.3 Å². The summed E-state index contributed by atoms with van der Waals surface area (Å²) < 4.78 is 0. The zero-order valence-electron chi connectivity index (χ0n) is 11.6. The van der Waals surface area contributed by atoms with Crippen LogP contribution in [0.25, 0.3) is 0 Å². The molecule has 3 atom stereocenters. The Morgan fingerprint density at radius 1 is 1.35 bits per heavy atom. The number of nitrogens with zero attached hydrogens (tertiary/aromatic N) is 1. The molecule has 17 heavy (non-hydrogen) atoms. The molecule has 0 aliphatic heterocycles. The number of amides is 1. The van der Waals surface area contributed by atoms with Crippen LogP contribution in [0.1, 0.15) is 52.9 Å². The van der Waals surface area contributed by atoms with E-state index in [0.717, 1.165) is 25.8 Å². The van der Waals surface area contributed by atoms with Crippen LogP contribution in [0, 0.1) is 11.8 Å². The number of rotatable bonds is 5. The minimum atomic E-state index is 0.183. The highest BCUT2D eigenvalue weighted by molar-refractivity contribution is 5.79. The molecule has 2 N–H and O–H groups in total. The molecule has 0 aromatic rings. The zero-order chi connectivity index (χ0) is 12.8. The SMILES string of the molecule is CCC(C)N(CC)C(=O)C1CCCCC1CN. The van der Waals surface area contributed by atoms with E-state index in [9.17, 15) is 4.79 Å². The van der Waals surface area contributed by atoms with Crippen LogP contribution >= 0.6 is 0 Å². The van der Waals surface area contributed by atoms with E-state index in [2.05, 4.69) is 20.8 Å². The molecule has 0 radical (unpaired) electrons. The Kier molecular flexibility index (Phi) is 5.96. The molecule has 0 aromatic carbocycles. The van der Waals surface area contributed by atoms with E-state index >= 15 is 0 Å². The largest absolute Gasteiger partial charge is 0.340 e. The standard InChI is InChI=1S/C14H28N2O/c1-4-11(3)16(5-2)14(17)13-9-7-6-8-12(13)10-15/h11-13H,4-10,15H2,1-3H3. The van der Waals surface area contributed by atoms with Crippen LogP contribution < -0.4 is 5.73 Å². The second-order valence-electron chi connectivity index (χ2n) is 5.27. The van der Waals surface area contributed by atoms with Gasteiger partial charge in [-0.1, -0.05) is 19.8 Å². The Bertz CT molecular complexity index is 242. The minimum Gasteiger partial charge on any atom is -0.340 e. The maximum absolute atomic E-state index is 12.6. The minimum absolute atomic E-state index is 0.183. The molecule has 1 amide bonds. The molecule has 0 spiro atoms. The zero-order valence-corrected chi connectivity index (χ0v) is 11.6. The van der Waals surface area contributed by atoms with Gasteiger partial charge in [-0.3, -0.25) is 4.79 Å². The third-order valence-electron chi connectivity index (χ3n) is 4.28. The monoisotopic (exact) mass is 240 g/mol. The van der Waals surface area contributed by atoms with Crippen LogP contribution in [0.3, 0.4) is 0 Å². The molecule has 3 unspecified atom stereocenters. The average Bonchev–Trinajstić information content (AvgIpc) is 2.38. The predicted molar refractivity (Wildman–Crippen MR) is 71.6 cm³/mol. The Morgan fingerprint density at radius 2 is 2.00 bits per heavy atom. The van der Waals surface area contributed by atoms with Gasteiger partial charge in [-0.25, -0.2) is 0 Å². The van der Waals surface area contributed by atoms with Crippen molar-refractivity contribution < 1.29 is 4.79 Å². The molecular formula is C14H28N2O. The quantitative estimate of drug-likeness (QED) is 0.802. The molecule has 3 heteroatoms. The van der Waals surface area contributed by atoms with Gasteiger partial charge in [0.25, 0.3) is 0 Å². The van der Waals surface area contributed by atoms with Gasteiger partial charge in [0.1, 0.15) is 0 Å². The average molecular weight is 240 g/mol. The van der Waals surface area contributed by atoms with E-state index in [-0.39, 0.29) is 5.92 Å². The first-order chi connectivity index (χ1) is 8.15. The normalized spacial score (nSPS) is 26.6. The van der Waals surface area contributed by atoms with Crippen LogP contribution in [-0.2, 0) is 4.79 Å². The van der Waals surface area contributed by atoms with Crippen molar-refractivity contribution >= 4 is 5.91 Å². The molecule has 1 aliphatic carbocycles. The number of hydrogen-bond donors (Lipinski definition) is 1. The molecule has 1 rings (SSSR count). The van der Waals surface area contributed by atoms with Gasteiger partial charge in [0.2, 0.25) is 5.91 Å². The molecule has 1 fully saturated rings. The highest BCUT2D eigenvalue weighted by Gasteiger charge is 2.33. The third-order valence-corrected chi connectivity index (χ3v) is 4.28. The molecular weight excluding hydrogens is 212 g/mol. The van der Waals surface area contributed by atoms with Crippen molar-refractivity contribution in [2.24, 2.45) is 17.6 Å². The van der Waals surface area contributed by atoms with Crippen molar-refractivity contribution in [1.82, 2.24) is 4.90 Å². The molecule has 0 saturated heterocycles.